The second-order valence-corrected chi connectivity index (χ2v) is 16.4. The normalized spacial score (nSPS) is 15.7. The average Bonchev–Trinajstić information content (AvgIpc) is 3.37. The fraction of sp³-hybridized carbons (Fsp3) is 0.481. The van der Waals surface area contributed by atoms with Gasteiger partial charge in [-0.1, -0.05) is 32.4 Å². The first-order valence-electron chi connectivity index (χ1n) is 13.0. The Morgan fingerprint density at radius 1 is 1.21 bits per heavy atom. The van der Waals surface area contributed by atoms with Gasteiger partial charge in [-0.25, -0.2) is 19.3 Å². The highest BCUT2D eigenvalue weighted by molar-refractivity contribution is 6.74. The SMILES string of the molecule is CC(C)(C)[Si](C)(C)OC[C@@H](NC(=O)c1nc(-c2ccnc(NC3CCOCC3)n2)co1)c1cc(F)cc(Cl)c1. The number of amides is 1. The number of halogens is 2. The van der Waals surface area contributed by atoms with Crippen LogP contribution in [-0.4, -0.2) is 55.0 Å². The van der Waals surface area contributed by atoms with E-state index in [0.717, 1.165) is 12.8 Å². The maximum absolute atomic E-state index is 14.2. The van der Waals surface area contributed by atoms with E-state index in [2.05, 4.69) is 59.5 Å². The zero-order valence-corrected chi connectivity index (χ0v) is 24.6. The molecular weight excluding hydrogens is 541 g/mol. The second-order valence-electron chi connectivity index (χ2n) is 11.1. The van der Waals surface area contributed by atoms with Crippen LogP contribution in [0.5, 0.6) is 0 Å². The first kappa shape index (κ1) is 29.1. The summed E-state index contributed by atoms with van der Waals surface area (Å²) in [5.74, 6) is -0.752. The third-order valence-corrected chi connectivity index (χ3v) is 11.9. The molecule has 0 radical (unpaired) electrons. The van der Waals surface area contributed by atoms with Crippen LogP contribution in [0.25, 0.3) is 11.4 Å². The number of benzene rings is 1. The van der Waals surface area contributed by atoms with Crippen LogP contribution in [0.2, 0.25) is 23.2 Å². The molecule has 2 N–H and O–H groups in total. The summed E-state index contributed by atoms with van der Waals surface area (Å²) < 4.78 is 31.5. The smallest absolute Gasteiger partial charge is 0.307 e. The Labute approximate surface area is 234 Å². The fourth-order valence-electron chi connectivity index (χ4n) is 3.82. The van der Waals surface area contributed by atoms with E-state index < -0.39 is 26.1 Å². The number of carbonyl (C=O) groups excluding carboxylic acids is 1. The number of carbonyl (C=O) groups is 1. The molecule has 0 aliphatic carbocycles. The maximum atomic E-state index is 14.2. The monoisotopic (exact) mass is 575 g/mol. The number of aromatic nitrogens is 3. The van der Waals surface area contributed by atoms with Crippen molar-refractivity contribution >= 4 is 31.8 Å². The van der Waals surface area contributed by atoms with Crippen molar-refractivity contribution in [1.82, 2.24) is 20.3 Å². The molecule has 39 heavy (non-hydrogen) atoms. The van der Waals surface area contributed by atoms with Crippen molar-refractivity contribution in [3.8, 4) is 11.4 Å². The molecule has 3 heterocycles. The molecule has 1 atom stereocenters. The Balaban J connectivity index is 1.50. The lowest BCUT2D eigenvalue weighted by atomic mass is 10.1. The van der Waals surface area contributed by atoms with Crippen LogP contribution >= 0.6 is 11.6 Å². The zero-order chi connectivity index (χ0) is 28.2. The lowest BCUT2D eigenvalue weighted by molar-refractivity contribution is 0.0882. The maximum Gasteiger partial charge on any atom is 0.307 e. The molecule has 4 rings (SSSR count). The molecule has 3 aromatic rings. The topological polar surface area (TPSA) is 111 Å². The van der Waals surface area contributed by atoms with Crippen LogP contribution in [0.3, 0.4) is 0 Å². The van der Waals surface area contributed by atoms with Crippen LogP contribution in [-0.2, 0) is 9.16 Å². The first-order chi connectivity index (χ1) is 18.4. The fourth-order valence-corrected chi connectivity index (χ4v) is 5.06. The third kappa shape index (κ3) is 7.62. The number of hydrogen-bond acceptors (Lipinski definition) is 8. The molecule has 0 unspecified atom stereocenters. The van der Waals surface area contributed by atoms with Gasteiger partial charge in [0, 0.05) is 30.5 Å². The van der Waals surface area contributed by atoms with Crippen molar-refractivity contribution in [2.75, 3.05) is 25.1 Å². The predicted octanol–water partition coefficient (Wildman–Crippen LogP) is 6.01. The second kappa shape index (κ2) is 12.1. The van der Waals surface area contributed by atoms with Crippen LogP contribution < -0.4 is 10.6 Å². The van der Waals surface area contributed by atoms with E-state index in [4.69, 9.17) is 25.2 Å². The van der Waals surface area contributed by atoms with Crippen LogP contribution in [0, 0.1) is 5.82 Å². The van der Waals surface area contributed by atoms with Gasteiger partial charge < -0.3 is 24.2 Å². The number of nitrogens with zero attached hydrogens (tertiary/aromatic N) is 3. The number of rotatable bonds is 9. The largest absolute Gasteiger partial charge is 0.440 e. The minimum Gasteiger partial charge on any atom is -0.440 e. The molecule has 0 saturated carbocycles. The quantitative estimate of drug-likeness (QED) is 0.298. The average molecular weight is 576 g/mol. The number of anilines is 1. The zero-order valence-electron chi connectivity index (χ0n) is 22.9. The molecular formula is C27H35ClFN5O4Si. The molecule has 9 nitrogen and oxygen atoms in total. The standard InChI is InChI=1S/C27H35ClFN5O4Si/c1-27(2,3)39(4,5)38-16-22(17-12-18(28)14-19(29)13-17)32-24(35)25-33-23(15-37-25)21-6-9-30-26(34-21)31-20-7-10-36-11-8-20/h6,9,12-15,20,22H,7-8,10-11,16H2,1-5H3,(H,32,35)(H,30,31,34)/t22-/m1/s1. The van der Waals surface area contributed by atoms with Crippen LogP contribution in [0.1, 0.15) is 55.9 Å². The number of nitrogens with one attached hydrogen (secondary N) is 2. The summed E-state index contributed by atoms with van der Waals surface area (Å²) in [5, 5.41) is 6.38. The van der Waals surface area contributed by atoms with Gasteiger partial charge in [-0.15, -0.1) is 0 Å². The highest BCUT2D eigenvalue weighted by atomic mass is 35.5. The molecule has 0 bridgehead atoms. The van der Waals surface area contributed by atoms with Gasteiger partial charge in [0.15, 0.2) is 8.32 Å². The molecule has 1 aliphatic rings. The molecule has 1 amide bonds. The predicted molar refractivity (Wildman–Crippen MR) is 150 cm³/mol. The molecule has 1 aliphatic heterocycles. The van der Waals surface area contributed by atoms with E-state index in [1.165, 1.54) is 18.4 Å². The van der Waals surface area contributed by atoms with Crippen molar-refractivity contribution in [2.45, 2.75) is 63.8 Å². The van der Waals surface area contributed by atoms with Gasteiger partial charge in [-0.2, -0.15) is 0 Å². The minimum absolute atomic E-state index is 0.0470. The summed E-state index contributed by atoms with van der Waals surface area (Å²) in [7, 11) is -2.16. The van der Waals surface area contributed by atoms with Gasteiger partial charge in [0.25, 0.3) is 5.89 Å². The molecule has 12 heteroatoms. The van der Waals surface area contributed by atoms with Crippen molar-refractivity contribution in [3.63, 3.8) is 0 Å². The summed E-state index contributed by atoms with van der Waals surface area (Å²) in [4.78, 5) is 26.4. The van der Waals surface area contributed by atoms with Gasteiger partial charge in [-0.3, -0.25) is 4.79 Å². The summed E-state index contributed by atoms with van der Waals surface area (Å²) in [6.45, 7) is 12.1. The van der Waals surface area contributed by atoms with E-state index >= 15 is 0 Å². The van der Waals surface area contributed by atoms with Crippen molar-refractivity contribution < 1.29 is 22.8 Å². The van der Waals surface area contributed by atoms with Crippen LogP contribution in [0.4, 0.5) is 10.3 Å². The molecule has 1 saturated heterocycles. The highest BCUT2D eigenvalue weighted by Gasteiger charge is 2.38. The summed E-state index contributed by atoms with van der Waals surface area (Å²) in [6.07, 6.45) is 4.74. The number of ether oxygens (including phenoxy) is 1. The Hall–Kier alpha value is -2.86. The Morgan fingerprint density at radius 3 is 2.64 bits per heavy atom. The Bertz CT molecular complexity index is 1270. The number of hydrogen-bond donors (Lipinski definition) is 2. The van der Waals surface area contributed by atoms with E-state index in [-0.39, 0.29) is 28.6 Å². The molecule has 1 aromatic carbocycles. The Kier molecular flexibility index (Phi) is 9.05. The lowest BCUT2D eigenvalue weighted by Crippen LogP contribution is -2.43. The molecule has 1 fully saturated rings. The van der Waals surface area contributed by atoms with Gasteiger partial charge >= 0.3 is 5.91 Å². The van der Waals surface area contributed by atoms with Crippen LogP contribution in [0.15, 0.2) is 41.1 Å². The minimum atomic E-state index is -2.16. The molecule has 2 aromatic heterocycles. The van der Waals surface area contributed by atoms with E-state index in [1.54, 1.807) is 18.3 Å². The summed E-state index contributed by atoms with van der Waals surface area (Å²) in [5.41, 5.74) is 1.39. The van der Waals surface area contributed by atoms with E-state index in [0.29, 0.717) is 36.1 Å². The van der Waals surface area contributed by atoms with Gasteiger partial charge in [0.2, 0.25) is 5.95 Å². The summed E-state index contributed by atoms with van der Waals surface area (Å²) >= 11 is 6.12. The Morgan fingerprint density at radius 2 is 1.95 bits per heavy atom. The van der Waals surface area contributed by atoms with Crippen molar-refractivity contribution in [2.24, 2.45) is 0 Å². The van der Waals surface area contributed by atoms with Gasteiger partial charge in [0.05, 0.1) is 18.3 Å². The van der Waals surface area contributed by atoms with Crippen molar-refractivity contribution in [3.05, 3.63) is 59.0 Å². The first-order valence-corrected chi connectivity index (χ1v) is 16.2. The summed E-state index contributed by atoms with van der Waals surface area (Å²) in [6, 6.07) is 5.41. The van der Waals surface area contributed by atoms with Gasteiger partial charge in [-0.05, 0) is 60.8 Å². The van der Waals surface area contributed by atoms with Gasteiger partial charge in [0.1, 0.15) is 17.8 Å². The molecule has 210 valence electrons. The lowest BCUT2D eigenvalue weighted by Gasteiger charge is -2.37. The van der Waals surface area contributed by atoms with E-state index in [9.17, 15) is 9.18 Å². The van der Waals surface area contributed by atoms with E-state index in [1.807, 2.05) is 0 Å². The third-order valence-electron chi connectivity index (χ3n) is 7.18. The highest BCUT2D eigenvalue weighted by Crippen LogP contribution is 2.37. The molecule has 0 spiro atoms. The van der Waals surface area contributed by atoms with Crippen molar-refractivity contribution in [1.29, 1.82) is 0 Å². The number of oxazole rings is 1.